The molecule has 7 nitrogen and oxygen atoms in total. The number of nitrogens with one attached hydrogen (secondary N) is 1. The quantitative estimate of drug-likeness (QED) is 0.583. The molecule has 0 unspecified atom stereocenters. The van der Waals surface area contributed by atoms with Crippen LogP contribution < -0.4 is 10.6 Å². The van der Waals surface area contributed by atoms with Gasteiger partial charge in [-0.3, -0.25) is 9.69 Å². The number of hydrogen-bond acceptors (Lipinski definition) is 5. The van der Waals surface area contributed by atoms with Crippen molar-refractivity contribution in [3.05, 3.63) is 30.1 Å². The summed E-state index contributed by atoms with van der Waals surface area (Å²) in [5.41, 5.74) is 8.01. The van der Waals surface area contributed by atoms with E-state index in [0.29, 0.717) is 0 Å². The second kappa shape index (κ2) is 8.13. The van der Waals surface area contributed by atoms with Crippen LogP contribution in [-0.4, -0.2) is 66.7 Å². The number of carbonyl (C=O) groups is 1. The highest BCUT2D eigenvalue weighted by Gasteiger charge is 2.18. The lowest BCUT2D eigenvalue weighted by atomic mass is 10.2. The van der Waals surface area contributed by atoms with Crippen LogP contribution in [0.25, 0.3) is 17.1 Å². The van der Waals surface area contributed by atoms with Crippen molar-refractivity contribution in [1.82, 2.24) is 14.9 Å². The molecule has 1 aliphatic heterocycles. The number of piperazine rings is 1. The Bertz CT molecular complexity index is 747. The van der Waals surface area contributed by atoms with Gasteiger partial charge in [0, 0.05) is 62.6 Å². The number of ether oxygens (including phenoxy) is 1. The molecule has 0 radical (unpaired) electrons. The predicted molar refractivity (Wildman–Crippen MR) is 99.5 cm³/mol. The molecule has 3 N–H and O–H groups in total. The third-order valence-electron chi connectivity index (χ3n) is 4.47. The standard InChI is InChI=1S/C18H25N5O2/c1-2-25-10-9-22-5-7-23(8-6-22)15-11-16-14(3-4-17(19)24)12-20-18(16)21-13-15/h3-4,11-13H,2,5-10H2,1H3,(H2,19,24)(H,20,21)/b4-3+. The maximum atomic E-state index is 11.0. The van der Waals surface area contributed by atoms with Crippen LogP contribution in [-0.2, 0) is 9.53 Å². The highest BCUT2D eigenvalue weighted by molar-refractivity contribution is 5.95. The number of primary amides is 1. The number of anilines is 1. The number of aromatic nitrogens is 2. The molecule has 134 valence electrons. The van der Waals surface area contributed by atoms with Gasteiger partial charge < -0.3 is 20.4 Å². The Morgan fingerprint density at radius 1 is 1.40 bits per heavy atom. The molecule has 0 saturated carbocycles. The number of nitrogens with zero attached hydrogens (tertiary/aromatic N) is 3. The van der Waals surface area contributed by atoms with Gasteiger partial charge >= 0.3 is 0 Å². The molecular formula is C18H25N5O2. The summed E-state index contributed by atoms with van der Waals surface area (Å²) < 4.78 is 5.43. The van der Waals surface area contributed by atoms with Gasteiger partial charge in [0.15, 0.2) is 0 Å². The lowest BCUT2D eigenvalue weighted by molar-refractivity contribution is -0.113. The summed E-state index contributed by atoms with van der Waals surface area (Å²) in [7, 11) is 0. The average Bonchev–Trinajstić information content (AvgIpc) is 3.03. The lowest BCUT2D eigenvalue weighted by Gasteiger charge is -2.35. The summed E-state index contributed by atoms with van der Waals surface area (Å²) in [6, 6.07) is 2.12. The largest absolute Gasteiger partial charge is 0.380 e. The Balaban J connectivity index is 1.68. The van der Waals surface area contributed by atoms with Crippen LogP contribution in [0, 0.1) is 0 Å². The van der Waals surface area contributed by atoms with Crippen LogP contribution >= 0.6 is 0 Å². The first-order valence-electron chi connectivity index (χ1n) is 8.67. The summed E-state index contributed by atoms with van der Waals surface area (Å²) in [6.07, 6.45) is 6.83. The fraction of sp³-hybridized carbons (Fsp3) is 0.444. The summed E-state index contributed by atoms with van der Waals surface area (Å²) in [5, 5.41) is 0.994. The topological polar surface area (TPSA) is 87.5 Å². The van der Waals surface area contributed by atoms with E-state index in [1.54, 1.807) is 6.08 Å². The highest BCUT2D eigenvalue weighted by Crippen LogP contribution is 2.24. The molecule has 1 aliphatic rings. The van der Waals surface area contributed by atoms with Crippen LogP contribution in [0.3, 0.4) is 0 Å². The molecule has 1 amide bonds. The van der Waals surface area contributed by atoms with E-state index in [1.807, 2.05) is 19.3 Å². The zero-order valence-corrected chi connectivity index (χ0v) is 14.6. The minimum absolute atomic E-state index is 0.457. The number of fused-ring (bicyclic) bond motifs is 1. The lowest BCUT2D eigenvalue weighted by Crippen LogP contribution is -2.47. The molecule has 25 heavy (non-hydrogen) atoms. The molecule has 7 heteroatoms. The van der Waals surface area contributed by atoms with E-state index >= 15 is 0 Å². The van der Waals surface area contributed by atoms with E-state index in [9.17, 15) is 4.79 Å². The molecule has 0 aliphatic carbocycles. The van der Waals surface area contributed by atoms with Gasteiger partial charge in [0.2, 0.25) is 5.91 Å². The number of H-pyrrole nitrogens is 1. The normalized spacial score (nSPS) is 16.1. The molecule has 3 heterocycles. The van der Waals surface area contributed by atoms with Gasteiger partial charge in [-0.25, -0.2) is 4.98 Å². The van der Waals surface area contributed by atoms with Crippen LogP contribution in [0.4, 0.5) is 5.69 Å². The highest BCUT2D eigenvalue weighted by atomic mass is 16.5. The number of hydrogen-bond donors (Lipinski definition) is 2. The van der Waals surface area contributed by atoms with Crippen molar-refractivity contribution >= 4 is 28.7 Å². The first kappa shape index (κ1) is 17.4. The molecule has 1 fully saturated rings. The molecule has 0 aromatic carbocycles. The van der Waals surface area contributed by atoms with Crippen molar-refractivity contribution in [3.8, 4) is 0 Å². The van der Waals surface area contributed by atoms with Crippen molar-refractivity contribution in [2.45, 2.75) is 6.92 Å². The van der Waals surface area contributed by atoms with E-state index in [1.165, 1.54) is 6.08 Å². The minimum Gasteiger partial charge on any atom is -0.380 e. The number of amides is 1. The Morgan fingerprint density at radius 3 is 2.92 bits per heavy atom. The van der Waals surface area contributed by atoms with Gasteiger partial charge in [-0.2, -0.15) is 0 Å². The molecule has 2 aromatic rings. The summed E-state index contributed by atoms with van der Waals surface area (Å²) in [6.45, 7) is 8.55. The molecule has 3 rings (SSSR count). The Kier molecular flexibility index (Phi) is 5.67. The number of pyridine rings is 1. The van der Waals surface area contributed by atoms with Crippen molar-refractivity contribution in [2.75, 3.05) is 50.8 Å². The van der Waals surface area contributed by atoms with Crippen LogP contribution in [0.1, 0.15) is 12.5 Å². The van der Waals surface area contributed by atoms with Crippen molar-refractivity contribution in [3.63, 3.8) is 0 Å². The molecule has 0 bridgehead atoms. The third-order valence-corrected chi connectivity index (χ3v) is 4.47. The zero-order valence-electron chi connectivity index (χ0n) is 14.6. The maximum Gasteiger partial charge on any atom is 0.241 e. The maximum absolute atomic E-state index is 11.0. The minimum atomic E-state index is -0.457. The van der Waals surface area contributed by atoms with Gasteiger partial charge in [0.05, 0.1) is 18.5 Å². The number of carbonyl (C=O) groups excluding carboxylic acids is 1. The first-order valence-corrected chi connectivity index (χ1v) is 8.67. The van der Waals surface area contributed by atoms with Gasteiger partial charge in [-0.15, -0.1) is 0 Å². The van der Waals surface area contributed by atoms with E-state index in [2.05, 4.69) is 25.8 Å². The van der Waals surface area contributed by atoms with Crippen LogP contribution in [0.2, 0.25) is 0 Å². The molecule has 0 spiro atoms. The molecule has 2 aromatic heterocycles. The predicted octanol–water partition coefficient (Wildman–Crippen LogP) is 1.22. The van der Waals surface area contributed by atoms with Crippen LogP contribution in [0.15, 0.2) is 24.5 Å². The molecule has 1 saturated heterocycles. The van der Waals surface area contributed by atoms with E-state index in [0.717, 1.165) is 68.2 Å². The van der Waals surface area contributed by atoms with Gasteiger partial charge in [-0.1, -0.05) is 0 Å². The second-order valence-corrected chi connectivity index (χ2v) is 6.10. The van der Waals surface area contributed by atoms with E-state index in [4.69, 9.17) is 10.5 Å². The monoisotopic (exact) mass is 343 g/mol. The second-order valence-electron chi connectivity index (χ2n) is 6.10. The fourth-order valence-corrected chi connectivity index (χ4v) is 3.06. The SMILES string of the molecule is CCOCCN1CCN(c2cnc3[nH]cc(/C=C/C(N)=O)c3c2)CC1. The fourth-order valence-electron chi connectivity index (χ4n) is 3.06. The molecular weight excluding hydrogens is 318 g/mol. The average molecular weight is 343 g/mol. The van der Waals surface area contributed by atoms with Gasteiger partial charge in [0.1, 0.15) is 5.65 Å². The summed E-state index contributed by atoms with van der Waals surface area (Å²) in [5.74, 6) is -0.457. The van der Waals surface area contributed by atoms with E-state index in [-0.39, 0.29) is 0 Å². The first-order chi connectivity index (χ1) is 12.2. The Morgan fingerprint density at radius 2 is 2.20 bits per heavy atom. The molecule has 0 atom stereocenters. The van der Waals surface area contributed by atoms with Crippen LogP contribution in [0.5, 0.6) is 0 Å². The summed E-state index contributed by atoms with van der Waals surface area (Å²) >= 11 is 0. The Labute approximate surface area is 147 Å². The van der Waals surface area contributed by atoms with Crippen molar-refractivity contribution in [2.24, 2.45) is 5.73 Å². The third kappa shape index (κ3) is 4.37. The number of rotatable bonds is 7. The number of aromatic amines is 1. The Hall–Kier alpha value is -2.38. The van der Waals surface area contributed by atoms with Gasteiger partial charge in [-0.05, 0) is 19.1 Å². The summed E-state index contributed by atoms with van der Waals surface area (Å²) in [4.78, 5) is 23.4. The van der Waals surface area contributed by atoms with E-state index < -0.39 is 5.91 Å². The smallest absolute Gasteiger partial charge is 0.241 e. The number of nitrogens with two attached hydrogens (primary N) is 1. The van der Waals surface area contributed by atoms with Crippen molar-refractivity contribution in [1.29, 1.82) is 0 Å². The zero-order chi connectivity index (χ0) is 17.6. The van der Waals surface area contributed by atoms with Crippen molar-refractivity contribution < 1.29 is 9.53 Å². The van der Waals surface area contributed by atoms with Gasteiger partial charge in [0.25, 0.3) is 0 Å².